The normalized spacial score (nSPS) is 18.3. The lowest BCUT2D eigenvalue weighted by atomic mass is 9.87. The molecule has 4 nitrogen and oxygen atoms in total. The number of nitrogens with two attached hydrogens (primary N) is 1. The Hall–Kier alpha value is -2.20. The lowest BCUT2D eigenvalue weighted by molar-refractivity contribution is 0.402. The number of nitrogens with one attached hydrogen (secondary N) is 1. The fraction of sp³-hybridized carbons (Fsp3) is 0.250. The Morgan fingerprint density at radius 3 is 2.50 bits per heavy atom. The number of anilines is 1. The zero-order chi connectivity index (χ0) is 14.1. The van der Waals surface area contributed by atoms with Gasteiger partial charge in [0, 0.05) is 18.2 Å². The summed E-state index contributed by atoms with van der Waals surface area (Å²) < 4.78 is 0. The second-order valence-electron chi connectivity index (χ2n) is 5.21. The van der Waals surface area contributed by atoms with E-state index in [1.807, 2.05) is 24.3 Å². The molecule has 0 saturated heterocycles. The van der Waals surface area contributed by atoms with Crippen LogP contribution in [0.5, 0.6) is 11.5 Å². The van der Waals surface area contributed by atoms with Crippen molar-refractivity contribution >= 4 is 5.69 Å². The first-order chi connectivity index (χ1) is 9.65. The van der Waals surface area contributed by atoms with E-state index in [1.165, 1.54) is 0 Å². The minimum Gasteiger partial charge on any atom is -0.504 e. The third-order valence-electron chi connectivity index (χ3n) is 3.87. The van der Waals surface area contributed by atoms with Crippen molar-refractivity contribution in [3.63, 3.8) is 0 Å². The van der Waals surface area contributed by atoms with Gasteiger partial charge in [-0.15, -0.1) is 0 Å². The summed E-state index contributed by atoms with van der Waals surface area (Å²) in [6, 6.07) is 11.2. The molecule has 0 aromatic heterocycles. The molecule has 0 spiro atoms. The quantitative estimate of drug-likeness (QED) is 0.472. The maximum absolute atomic E-state index is 9.79. The molecule has 1 aliphatic rings. The fourth-order valence-corrected chi connectivity index (χ4v) is 2.78. The molecule has 4 heteroatoms. The molecule has 0 radical (unpaired) electrons. The molecule has 1 heterocycles. The van der Waals surface area contributed by atoms with Crippen LogP contribution < -0.4 is 11.1 Å². The van der Waals surface area contributed by atoms with Crippen LogP contribution in [0, 0.1) is 0 Å². The van der Waals surface area contributed by atoms with Crippen LogP contribution in [-0.2, 0) is 6.42 Å². The number of fused-ring (bicyclic) bond motifs is 1. The number of phenolic OH excluding ortho intramolecular Hbond substituents is 2. The summed E-state index contributed by atoms with van der Waals surface area (Å²) in [6.45, 7) is 1.67. The van der Waals surface area contributed by atoms with E-state index in [0.29, 0.717) is 0 Å². The number of aromatic hydroxyl groups is 2. The van der Waals surface area contributed by atoms with Gasteiger partial charge in [-0.25, -0.2) is 0 Å². The third kappa shape index (κ3) is 2.30. The summed E-state index contributed by atoms with van der Waals surface area (Å²) in [5, 5.41) is 22.9. The van der Waals surface area contributed by atoms with E-state index in [2.05, 4.69) is 5.32 Å². The van der Waals surface area contributed by atoms with Crippen LogP contribution in [0.15, 0.2) is 36.4 Å². The first-order valence-corrected chi connectivity index (χ1v) is 6.76. The fourth-order valence-electron chi connectivity index (χ4n) is 2.78. The summed E-state index contributed by atoms with van der Waals surface area (Å²) in [5.41, 5.74) is 9.77. The number of phenols is 2. The van der Waals surface area contributed by atoms with Gasteiger partial charge in [-0.1, -0.05) is 12.1 Å². The zero-order valence-electron chi connectivity index (χ0n) is 11.1. The maximum atomic E-state index is 9.79. The molecule has 0 unspecified atom stereocenters. The number of rotatable bonds is 1. The van der Waals surface area contributed by atoms with E-state index in [9.17, 15) is 10.2 Å². The average molecular weight is 270 g/mol. The number of hydrogen-bond acceptors (Lipinski definition) is 4. The summed E-state index contributed by atoms with van der Waals surface area (Å²) >= 11 is 0. The van der Waals surface area contributed by atoms with Gasteiger partial charge in [-0.2, -0.15) is 0 Å². The van der Waals surface area contributed by atoms with E-state index in [0.717, 1.165) is 41.9 Å². The molecule has 0 fully saturated rings. The molecule has 1 aliphatic heterocycles. The SMILES string of the molecule is Nc1ccc([C@H]2CNCCc3cc(O)c(O)cc32)cc1. The van der Waals surface area contributed by atoms with Gasteiger partial charge in [-0.3, -0.25) is 0 Å². The van der Waals surface area contributed by atoms with Crippen LogP contribution in [0.1, 0.15) is 22.6 Å². The Bertz CT molecular complexity index is 623. The first-order valence-electron chi connectivity index (χ1n) is 6.76. The highest BCUT2D eigenvalue weighted by molar-refractivity contribution is 5.51. The number of benzene rings is 2. The minimum atomic E-state index is -0.0638. The number of hydrogen-bond donors (Lipinski definition) is 4. The molecule has 104 valence electrons. The molecule has 0 amide bonds. The van der Waals surface area contributed by atoms with Crippen molar-refractivity contribution in [2.45, 2.75) is 12.3 Å². The lowest BCUT2D eigenvalue weighted by Gasteiger charge is -2.19. The average Bonchev–Trinajstić information content (AvgIpc) is 2.63. The van der Waals surface area contributed by atoms with Gasteiger partial charge in [0.1, 0.15) is 0 Å². The smallest absolute Gasteiger partial charge is 0.157 e. The van der Waals surface area contributed by atoms with Gasteiger partial charge >= 0.3 is 0 Å². The van der Waals surface area contributed by atoms with Crippen molar-refractivity contribution in [3.05, 3.63) is 53.1 Å². The van der Waals surface area contributed by atoms with Crippen LogP contribution >= 0.6 is 0 Å². The lowest BCUT2D eigenvalue weighted by Crippen LogP contribution is -2.20. The molecule has 2 aromatic carbocycles. The maximum Gasteiger partial charge on any atom is 0.157 e. The highest BCUT2D eigenvalue weighted by atomic mass is 16.3. The third-order valence-corrected chi connectivity index (χ3v) is 3.87. The van der Waals surface area contributed by atoms with Gasteiger partial charge in [-0.05, 0) is 53.9 Å². The van der Waals surface area contributed by atoms with Crippen LogP contribution in [0.3, 0.4) is 0 Å². The highest BCUT2D eigenvalue weighted by Gasteiger charge is 2.22. The van der Waals surface area contributed by atoms with E-state index >= 15 is 0 Å². The molecule has 0 bridgehead atoms. The highest BCUT2D eigenvalue weighted by Crippen LogP contribution is 2.36. The van der Waals surface area contributed by atoms with E-state index in [-0.39, 0.29) is 17.4 Å². The van der Waals surface area contributed by atoms with Crippen LogP contribution in [-0.4, -0.2) is 23.3 Å². The molecule has 2 aromatic rings. The van der Waals surface area contributed by atoms with Crippen LogP contribution in [0.2, 0.25) is 0 Å². The van der Waals surface area contributed by atoms with Crippen LogP contribution in [0.25, 0.3) is 0 Å². The number of nitrogen functional groups attached to an aromatic ring is 1. The molecular formula is C16H18N2O2. The van der Waals surface area contributed by atoms with E-state index < -0.39 is 0 Å². The Labute approximate surface area is 117 Å². The Kier molecular flexibility index (Phi) is 3.24. The Balaban J connectivity index is 2.09. The Morgan fingerprint density at radius 1 is 1.05 bits per heavy atom. The Morgan fingerprint density at radius 2 is 1.75 bits per heavy atom. The molecule has 1 atom stereocenters. The molecule has 20 heavy (non-hydrogen) atoms. The van der Waals surface area contributed by atoms with Crippen molar-refractivity contribution in [3.8, 4) is 11.5 Å². The molecule has 3 rings (SSSR count). The zero-order valence-corrected chi connectivity index (χ0v) is 11.1. The summed E-state index contributed by atoms with van der Waals surface area (Å²) in [5.74, 6) is 0.0346. The monoisotopic (exact) mass is 270 g/mol. The van der Waals surface area contributed by atoms with Gasteiger partial charge in [0.05, 0.1) is 0 Å². The van der Waals surface area contributed by atoms with E-state index in [1.54, 1.807) is 12.1 Å². The standard InChI is InChI=1S/C16H18N2O2/c17-12-3-1-10(2-4-12)14-9-18-6-5-11-7-15(19)16(20)8-13(11)14/h1-4,7-8,14,18-20H,5-6,9,17H2/t14-/m1/s1. The van der Waals surface area contributed by atoms with Gasteiger partial charge < -0.3 is 21.3 Å². The summed E-state index contributed by atoms with van der Waals surface area (Å²) in [4.78, 5) is 0. The molecular weight excluding hydrogens is 252 g/mol. The van der Waals surface area contributed by atoms with Crippen molar-refractivity contribution in [1.29, 1.82) is 0 Å². The molecule has 0 saturated carbocycles. The first kappa shape index (κ1) is 12.8. The van der Waals surface area contributed by atoms with Gasteiger partial charge in [0.2, 0.25) is 0 Å². The predicted molar refractivity (Wildman–Crippen MR) is 79.0 cm³/mol. The van der Waals surface area contributed by atoms with Crippen molar-refractivity contribution in [1.82, 2.24) is 5.32 Å². The second kappa shape index (κ2) is 5.06. The topological polar surface area (TPSA) is 78.5 Å². The minimum absolute atomic E-state index is 0.0540. The predicted octanol–water partition coefficient (Wildman–Crippen LogP) is 1.96. The molecule has 5 N–H and O–H groups in total. The van der Waals surface area contributed by atoms with Gasteiger partial charge in [0.15, 0.2) is 11.5 Å². The van der Waals surface area contributed by atoms with Gasteiger partial charge in [0.25, 0.3) is 0 Å². The summed E-state index contributed by atoms with van der Waals surface area (Å²) in [6.07, 6.45) is 0.842. The van der Waals surface area contributed by atoms with Crippen molar-refractivity contribution in [2.24, 2.45) is 0 Å². The summed E-state index contributed by atoms with van der Waals surface area (Å²) in [7, 11) is 0. The van der Waals surface area contributed by atoms with E-state index in [4.69, 9.17) is 5.73 Å². The van der Waals surface area contributed by atoms with Crippen LogP contribution in [0.4, 0.5) is 5.69 Å². The molecule has 0 aliphatic carbocycles. The van der Waals surface area contributed by atoms with Crippen molar-refractivity contribution < 1.29 is 10.2 Å². The second-order valence-corrected chi connectivity index (χ2v) is 5.21. The van der Waals surface area contributed by atoms with Crippen molar-refractivity contribution in [2.75, 3.05) is 18.8 Å². The largest absolute Gasteiger partial charge is 0.504 e.